The van der Waals surface area contributed by atoms with E-state index in [-0.39, 0.29) is 6.04 Å². The molecule has 1 aliphatic carbocycles. The van der Waals surface area contributed by atoms with Crippen molar-refractivity contribution in [2.75, 3.05) is 19.9 Å². The molecule has 1 unspecified atom stereocenters. The summed E-state index contributed by atoms with van der Waals surface area (Å²) in [5, 5.41) is 3.47. The quantitative estimate of drug-likeness (QED) is 0.837. The van der Waals surface area contributed by atoms with Gasteiger partial charge in [0.25, 0.3) is 0 Å². The molecule has 0 aromatic heterocycles. The van der Waals surface area contributed by atoms with Crippen molar-refractivity contribution in [2.45, 2.75) is 38.3 Å². The van der Waals surface area contributed by atoms with Crippen LogP contribution in [0.15, 0.2) is 18.2 Å². The lowest BCUT2D eigenvalue weighted by Gasteiger charge is -2.27. The maximum absolute atomic E-state index is 11.4. The largest absolute Gasteiger partial charge is 0.497 e. The van der Waals surface area contributed by atoms with E-state index in [1.54, 1.807) is 7.11 Å². The first-order valence-corrected chi connectivity index (χ1v) is 8.98. The normalized spacial score (nSPS) is 18.6. The molecule has 0 radical (unpaired) electrons. The minimum absolute atomic E-state index is 0.246. The summed E-state index contributed by atoms with van der Waals surface area (Å²) >= 11 is 0. The number of methoxy groups -OCH3 is 1. The third kappa shape index (κ3) is 4.43. The van der Waals surface area contributed by atoms with Gasteiger partial charge in [-0.05, 0) is 49.9 Å². The van der Waals surface area contributed by atoms with Gasteiger partial charge in [0.2, 0.25) is 10.0 Å². The fourth-order valence-electron chi connectivity index (χ4n) is 2.84. The van der Waals surface area contributed by atoms with E-state index in [9.17, 15) is 8.42 Å². The zero-order valence-electron chi connectivity index (χ0n) is 13.1. The summed E-state index contributed by atoms with van der Waals surface area (Å²) in [4.78, 5) is 0. The predicted octanol–water partition coefficient (Wildman–Crippen LogP) is 1.60. The molecule has 21 heavy (non-hydrogen) atoms. The number of aryl methyl sites for hydroxylation is 1. The molecular weight excluding hydrogens is 288 g/mol. The molecule has 0 saturated heterocycles. The summed E-state index contributed by atoms with van der Waals surface area (Å²) in [6.45, 7) is 4.33. The van der Waals surface area contributed by atoms with Crippen LogP contribution in [0.1, 0.15) is 37.4 Å². The van der Waals surface area contributed by atoms with Crippen molar-refractivity contribution in [3.8, 4) is 5.75 Å². The zero-order chi connectivity index (χ0) is 15.7. The van der Waals surface area contributed by atoms with Crippen LogP contribution < -0.4 is 14.8 Å². The van der Waals surface area contributed by atoms with Crippen LogP contribution in [0.4, 0.5) is 0 Å². The second-order valence-corrected chi connectivity index (χ2v) is 8.04. The highest BCUT2D eigenvalue weighted by Gasteiger charge is 2.27. The van der Waals surface area contributed by atoms with Crippen LogP contribution in [0.25, 0.3) is 0 Å². The number of nitrogens with one attached hydrogen (secondary N) is 2. The lowest BCUT2D eigenvalue weighted by Crippen LogP contribution is -2.50. The highest BCUT2D eigenvalue weighted by Crippen LogP contribution is 2.33. The van der Waals surface area contributed by atoms with Crippen molar-refractivity contribution in [3.63, 3.8) is 0 Å². The number of hydrogen-bond donors (Lipinski definition) is 2. The van der Waals surface area contributed by atoms with E-state index >= 15 is 0 Å². The standard InChI is InChI=1S/C15H24N2O3S/c1-15(2,17-21(4,18)19)10-16-14-8-6-11-5-7-12(20-3)9-13(11)14/h5,7,9,14,16-17H,6,8,10H2,1-4H3. The highest BCUT2D eigenvalue weighted by atomic mass is 32.2. The molecule has 6 heteroatoms. The third-order valence-corrected chi connectivity index (χ3v) is 4.61. The molecule has 0 aliphatic heterocycles. The van der Waals surface area contributed by atoms with Gasteiger partial charge in [-0.2, -0.15) is 0 Å². The van der Waals surface area contributed by atoms with Crippen molar-refractivity contribution in [2.24, 2.45) is 0 Å². The van der Waals surface area contributed by atoms with E-state index in [0.29, 0.717) is 6.54 Å². The molecule has 0 spiro atoms. The summed E-state index contributed by atoms with van der Waals surface area (Å²) < 4.78 is 30.7. The van der Waals surface area contributed by atoms with Gasteiger partial charge >= 0.3 is 0 Å². The molecule has 0 heterocycles. The van der Waals surface area contributed by atoms with Gasteiger partial charge in [0, 0.05) is 18.1 Å². The van der Waals surface area contributed by atoms with Crippen molar-refractivity contribution in [1.29, 1.82) is 0 Å². The smallest absolute Gasteiger partial charge is 0.209 e. The van der Waals surface area contributed by atoms with E-state index in [4.69, 9.17) is 4.74 Å². The number of sulfonamides is 1. The molecule has 1 aromatic carbocycles. The number of rotatable bonds is 6. The van der Waals surface area contributed by atoms with E-state index in [2.05, 4.69) is 22.2 Å². The zero-order valence-corrected chi connectivity index (χ0v) is 13.9. The minimum Gasteiger partial charge on any atom is -0.497 e. The third-order valence-electron chi connectivity index (χ3n) is 3.68. The Morgan fingerprint density at radius 3 is 2.71 bits per heavy atom. The van der Waals surface area contributed by atoms with E-state index < -0.39 is 15.6 Å². The van der Waals surface area contributed by atoms with Crippen LogP contribution in [-0.2, 0) is 16.4 Å². The summed E-state index contributed by atoms with van der Waals surface area (Å²) in [7, 11) is -1.54. The molecule has 2 N–H and O–H groups in total. The summed E-state index contributed by atoms with van der Waals surface area (Å²) in [5.74, 6) is 0.857. The molecule has 1 atom stereocenters. The number of benzene rings is 1. The highest BCUT2D eigenvalue weighted by molar-refractivity contribution is 7.88. The van der Waals surface area contributed by atoms with Gasteiger partial charge in [-0.25, -0.2) is 13.1 Å². The number of hydrogen-bond acceptors (Lipinski definition) is 4. The second kappa shape index (κ2) is 5.94. The van der Waals surface area contributed by atoms with Gasteiger partial charge in [0.05, 0.1) is 13.4 Å². The molecule has 5 nitrogen and oxygen atoms in total. The SMILES string of the molecule is COc1ccc2c(c1)C(NCC(C)(C)NS(C)(=O)=O)CC2. The first kappa shape index (κ1) is 16.3. The summed E-state index contributed by atoms with van der Waals surface area (Å²) in [5.41, 5.74) is 2.07. The Hall–Kier alpha value is -1.11. The molecule has 1 aliphatic rings. The molecule has 118 valence electrons. The van der Waals surface area contributed by atoms with Crippen LogP contribution in [0.3, 0.4) is 0 Å². The van der Waals surface area contributed by atoms with Crippen LogP contribution in [0.2, 0.25) is 0 Å². The molecule has 1 aromatic rings. The van der Waals surface area contributed by atoms with Crippen molar-refractivity contribution >= 4 is 10.0 Å². The van der Waals surface area contributed by atoms with E-state index in [0.717, 1.165) is 18.6 Å². The molecule has 0 amide bonds. The first-order chi connectivity index (χ1) is 9.70. The van der Waals surface area contributed by atoms with Crippen LogP contribution >= 0.6 is 0 Å². The summed E-state index contributed by atoms with van der Waals surface area (Å²) in [6, 6.07) is 6.40. The second-order valence-electron chi connectivity index (χ2n) is 6.30. The van der Waals surface area contributed by atoms with E-state index in [1.165, 1.54) is 17.4 Å². The molecule has 0 fully saturated rings. The lowest BCUT2D eigenvalue weighted by atomic mass is 10.0. The van der Waals surface area contributed by atoms with E-state index in [1.807, 2.05) is 19.9 Å². The topological polar surface area (TPSA) is 67.4 Å². The molecule has 0 bridgehead atoms. The average molecular weight is 312 g/mol. The van der Waals surface area contributed by atoms with Gasteiger partial charge in [-0.3, -0.25) is 0 Å². The maximum atomic E-state index is 11.4. The number of ether oxygens (including phenoxy) is 1. The van der Waals surface area contributed by atoms with Crippen molar-refractivity contribution < 1.29 is 13.2 Å². The Bertz CT molecular complexity index is 611. The fourth-order valence-corrected chi connectivity index (χ4v) is 3.91. The number of fused-ring (bicyclic) bond motifs is 1. The van der Waals surface area contributed by atoms with Gasteiger partial charge in [-0.15, -0.1) is 0 Å². The molecular formula is C15H24N2O3S. The van der Waals surface area contributed by atoms with Crippen LogP contribution in [-0.4, -0.2) is 33.9 Å². The Labute approximate surface area is 127 Å². The van der Waals surface area contributed by atoms with Gasteiger partial charge in [0.1, 0.15) is 5.75 Å². The van der Waals surface area contributed by atoms with Gasteiger partial charge in [-0.1, -0.05) is 6.07 Å². The first-order valence-electron chi connectivity index (χ1n) is 7.09. The average Bonchev–Trinajstić information content (AvgIpc) is 2.75. The molecule has 2 rings (SSSR count). The lowest BCUT2D eigenvalue weighted by molar-refractivity contribution is 0.388. The Kier molecular flexibility index (Phi) is 4.60. The van der Waals surface area contributed by atoms with Gasteiger partial charge < -0.3 is 10.1 Å². The Balaban J connectivity index is 2.03. The monoisotopic (exact) mass is 312 g/mol. The minimum atomic E-state index is -3.21. The van der Waals surface area contributed by atoms with Crippen molar-refractivity contribution in [1.82, 2.24) is 10.0 Å². The fraction of sp³-hybridized carbons (Fsp3) is 0.600. The summed E-state index contributed by atoms with van der Waals surface area (Å²) in [6.07, 6.45) is 3.25. The predicted molar refractivity (Wildman–Crippen MR) is 84.1 cm³/mol. The molecule has 0 saturated carbocycles. The maximum Gasteiger partial charge on any atom is 0.209 e. The van der Waals surface area contributed by atoms with Crippen LogP contribution in [0, 0.1) is 0 Å². The Morgan fingerprint density at radius 2 is 2.10 bits per heavy atom. The van der Waals surface area contributed by atoms with Crippen LogP contribution in [0.5, 0.6) is 5.75 Å². The van der Waals surface area contributed by atoms with Gasteiger partial charge in [0.15, 0.2) is 0 Å². The Morgan fingerprint density at radius 1 is 1.38 bits per heavy atom. The van der Waals surface area contributed by atoms with Crippen molar-refractivity contribution in [3.05, 3.63) is 29.3 Å².